The third-order valence-corrected chi connectivity index (χ3v) is 4.99. The van der Waals surface area contributed by atoms with E-state index in [-0.39, 0.29) is 16.9 Å². The molecule has 1 heterocycles. The molecule has 0 spiro atoms. The van der Waals surface area contributed by atoms with Crippen LogP contribution < -0.4 is 15.5 Å². The average molecular weight is 354 g/mol. The number of fused-ring (bicyclic) bond motifs is 1. The molecular weight excluding hydrogens is 328 g/mol. The lowest BCUT2D eigenvalue weighted by Gasteiger charge is -2.14. The van der Waals surface area contributed by atoms with E-state index in [1.54, 1.807) is 19.4 Å². The number of methoxy groups -OCH3 is 1. The van der Waals surface area contributed by atoms with Gasteiger partial charge >= 0.3 is 0 Å². The van der Waals surface area contributed by atoms with Crippen LogP contribution in [0.2, 0.25) is 0 Å². The minimum atomic E-state index is -0.307. The second-order valence-corrected chi connectivity index (χ2v) is 6.66. The van der Waals surface area contributed by atoms with Gasteiger partial charge in [-0.05, 0) is 57.2 Å². The van der Waals surface area contributed by atoms with Crippen molar-refractivity contribution in [3.8, 4) is 5.75 Å². The Morgan fingerprint density at radius 2 is 2.15 bits per heavy atom. The Labute approximate surface area is 153 Å². The highest BCUT2D eigenvalue weighted by atomic mass is 16.5. The molecule has 0 radical (unpaired) electrons. The van der Waals surface area contributed by atoms with Crippen molar-refractivity contribution < 1.29 is 9.53 Å². The van der Waals surface area contributed by atoms with E-state index in [9.17, 15) is 9.59 Å². The number of hydrogen-bond acceptors (Lipinski definition) is 3. The monoisotopic (exact) mass is 354 g/mol. The molecule has 2 aromatic rings. The molecule has 0 atom stereocenters. The Morgan fingerprint density at radius 3 is 2.85 bits per heavy atom. The number of aromatic nitrogens is 1. The van der Waals surface area contributed by atoms with Crippen LogP contribution in [0.5, 0.6) is 5.75 Å². The largest absolute Gasteiger partial charge is 0.497 e. The molecule has 5 nitrogen and oxygen atoms in total. The molecule has 0 saturated heterocycles. The van der Waals surface area contributed by atoms with Crippen LogP contribution >= 0.6 is 0 Å². The van der Waals surface area contributed by atoms with Gasteiger partial charge in [-0.2, -0.15) is 0 Å². The maximum Gasteiger partial charge on any atom is 0.256 e. The normalized spacial score (nSPS) is 14.2. The first-order valence-corrected chi connectivity index (χ1v) is 9.31. The van der Waals surface area contributed by atoms with E-state index < -0.39 is 0 Å². The summed E-state index contributed by atoms with van der Waals surface area (Å²) < 4.78 is 7.15. The Balaban J connectivity index is 1.83. The molecule has 26 heavy (non-hydrogen) atoms. The number of carbonyl (C=O) groups is 1. The summed E-state index contributed by atoms with van der Waals surface area (Å²) in [5.74, 6) is 0.303. The topological polar surface area (TPSA) is 60.3 Å². The highest BCUT2D eigenvalue weighted by Crippen LogP contribution is 2.20. The van der Waals surface area contributed by atoms with E-state index in [0.717, 1.165) is 24.8 Å². The van der Waals surface area contributed by atoms with Crippen LogP contribution in [0, 0.1) is 0 Å². The summed E-state index contributed by atoms with van der Waals surface area (Å²) in [7, 11) is 1.57. The van der Waals surface area contributed by atoms with Crippen LogP contribution in [0.25, 0.3) is 10.9 Å². The fourth-order valence-corrected chi connectivity index (χ4v) is 3.49. The first-order valence-electron chi connectivity index (χ1n) is 9.31. The average Bonchev–Trinajstić information content (AvgIpc) is 2.69. The van der Waals surface area contributed by atoms with Crippen molar-refractivity contribution in [2.45, 2.75) is 45.6 Å². The van der Waals surface area contributed by atoms with Crippen molar-refractivity contribution in [2.75, 3.05) is 13.7 Å². The van der Waals surface area contributed by atoms with Crippen molar-refractivity contribution in [2.24, 2.45) is 0 Å². The summed E-state index contributed by atoms with van der Waals surface area (Å²) >= 11 is 0. The molecule has 1 N–H and O–H groups in total. The van der Waals surface area contributed by atoms with Crippen LogP contribution in [0.1, 0.15) is 49.4 Å². The smallest absolute Gasteiger partial charge is 0.256 e. The van der Waals surface area contributed by atoms with Gasteiger partial charge in [0.05, 0.1) is 18.0 Å². The minimum Gasteiger partial charge on any atom is -0.497 e. The van der Waals surface area contributed by atoms with Gasteiger partial charge in [0, 0.05) is 19.3 Å². The lowest BCUT2D eigenvalue weighted by molar-refractivity contribution is 0.0952. The van der Waals surface area contributed by atoms with Gasteiger partial charge in [0.15, 0.2) is 0 Å². The molecule has 0 bridgehead atoms. The molecule has 1 aliphatic carbocycles. The SMILES string of the molecule is CCn1cc(C(=O)NCCC2=CCCCC2)c(=O)c2cc(OC)ccc21. The number of rotatable bonds is 6. The van der Waals surface area contributed by atoms with Gasteiger partial charge < -0.3 is 14.6 Å². The van der Waals surface area contributed by atoms with Gasteiger partial charge in [-0.3, -0.25) is 9.59 Å². The molecule has 1 aromatic heterocycles. The Morgan fingerprint density at radius 1 is 1.31 bits per heavy atom. The Kier molecular flexibility index (Phi) is 5.76. The minimum absolute atomic E-state index is 0.185. The molecular formula is C21H26N2O3. The van der Waals surface area contributed by atoms with Crippen molar-refractivity contribution in [3.05, 3.63) is 51.8 Å². The van der Waals surface area contributed by atoms with E-state index in [1.165, 1.54) is 18.4 Å². The van der Waals surface area contributed by atoms with Gasteiger partial charge in [-0.15, -0.1) is 0 Å². The molecule has 1 aliphatic rings. The van der Waals surface area contributed by atoms with Crippen molar-refractivity contribution in [1.82, 2.24) is 9.88 Å². The van der Waals surface area contributed by atoms with E-state index in [1.807, 2.05) is 23.6 Å². The van der Waals surface area contributed by atoms with E-state index >= 15 is 0 Å². The summed E-state index contributed by atoms with van der Waals surface area (Å²) in [5.41, 5.74) is 2.15. The van der Waals surface area contributed by atoms with Crippen LogP contribution in [0.3, 0.4) is 0 Å². The highest BCUT2D eigenvalue weighted by Gasteiger charge is 2.16. The molecule has 0 unspecified atom stereocenters. The molecule has 0 saturated carbocycles. The second kappa shape index (κ2) is 8.21. The number of nitrogens with one attached hydrogen (secondary N) is 1. The van der Waals surface area contributed by atoms with Gasteiger partial charge in [-0.25, -0.2) is 0 Å². The number of nitrogens with zero attached hydrogens (tertiary/aromatic N) is 1. The number of amides is 1. The molecule has 1 aromatic carbocycles. The summed E-state index contributed by atoms with van der Waals surface area (Å²) in [6, 6.07) is 5.38. The molecule has 138 valence electrons. The third-order valence-electron chi connectivity index (χ3n) is 4.99. The number of aryl methyl sites for hydroxylation is 1. The quantitative estimate of drug-likeness (QED) is 0.806. The van der Waals surface area contributed by atoms with E-state index in [0.29, 0.717) is 24.2 Å². The van der Waals surface area contributed by atoms with Crippen LogP contribution in [-0.4, -0.2) is 24.1 Å². The first-order chi connectivity index (χ1) is 12.6. The van der Waals surface area contributed by atoms with Gasteiger partial charge in [-0.1, -0.05) is 11.6 Å². The molecule has 3 rings (SSSR count). The highest BCUT2D eigenvalue weighted by molar-refractivity contribution is 5.97. The van der Waals surface area contributed by atoms with Crippen LogP contribution in [0.4, 0.5) is 0 Å². The lowest BCUT2D eigenvalue weighted by atomic mass is 9.97. The first kappa shape index (κ1) is 18.2. The molecule has 5 heteroatoms. The lowest BCUT2D eigenvalue weighted by Crippen LogP contribution is -2.30. The third kappa shape index (κ3) is 3.82. The van der Waals surface area contributed by atoms with Gasteiger partial charge in [0.25, 0.3) is 5.91 Å². The fourth-order valence-electron chi connectivity index (χ4n) is 3.49. The summed E-state index contributed by atoms with van der Waals surface area (Å²) in [6.07, 6.45) is 9.54. The number of ether oxygens (including phenoxy) is 1. The Hall–Kier alpha value is -2.56. The fraction of sp³-hybridized carbons (Fsp3) is 0.429. The number of allylic oxidation sites excluding steroid dienone is 1. The molecule has 0 aliphatic heterocycles. The summed E-state index contributed by atoms with van der Waals surface area (Å²) in [4.78, 5) is 25.4. The van der Waals surface area contributed by atoms with Crippen molar-refractivity contribution in [1.29, 1.82) is 0 Å². The maximum atomic E-state index is 12.8. The van der Waals surface area contributed by atoms with Crippen LogP contribution in [-0.2, 0) is 6.54 Å². The standard InChI is InChI=1S/C21H26N2O3/c1-3-23-14-18(20(24)17-13-16(26-2)9-10-19(17)23)21(25)22-12-11-15-7-5-4-6-8-15/h7,9-10,13-14H,3-6,8,11-12H2,1-2H3,(H,22,25). The van der Waals surface area contributed by atoms with Crippen molar-refractivity contribution >= 4 is 16.8 Å². The number of carbonyl (C=O) groups excluding carboxylic acids is 1. The van der Waals surface area contributed by atoms with Gasteiger partial charge in [0.1, 0.15) is 11.3 Å². The van der Waals surface area contributed by atoms with Gasteiger partial charge in [0.2, 0.25) is 5.43 Å². The molecule has 0 fully saturated rings. The Bertz CT molecular complexity index is 896. The number of hydrogen-bond donors (Lipinski definition) is 1. The van der Waals surface area contributed by atoms with Crippen LogP contribution in [0.15, 0.2) is 40.8 Å². The zero-order valence-electron chi connectivity index (χ0n) is 15.5. The second-order valence-electron chi connectivity index (χ2n) is 6.66. The summed E-state index contributed by atoms with van der Waals surface area (Å²) in [6.45, 7) is 3.23. The predicted molar refractivity (Wildman–Crippen MR) is 104 cm³/mol. The van der Waals surface area contributed by atoms with Crippen molar-refractivity contribution in [3.63, 3.8) is 0 Å². The maximum absolute atomic E-state index is 12.8. The zero-order chi connectivity index (χ0) is 18.5. The molecule has 1 amide bonds. The predicted octanol–water partition coefficient (Wildman–Crippen LogP) is 3.65. The number of pyridine rings is 1. The van der Waals surface area contributed by atoms with E-state index in [2.05, 4.69) is 11.4 Å². The number of benzene rings is 1. The summed E-state index contributed by atoms with van der Waals surface area (Å²) in [5, 5.41) is 3.42. The zero-order valence-corrected chi connectivity index (χ0v) is 15.5. The van der Waals surface area contributed by atoms with E-state index in [4.69, 9.17) is 4.74 Å².